The Kier molecular flexibility index (Phi) is 3.75. The second kappa shape index (κ2) is 5.84. The SMILES string of the molecule is Fc1ccccc1[Si](c1ccccc1)c1ccccc1. The summed E-state index contributed by atoms with van der Waals surface area (Å²) in [5.74, 6) is -0.117. The number of hydrogen-bond donors (Lipinski definition) is 0. The van der Waals surface area contributed by atoms with Crippen LogP contribution in [0, 0.1) is 5.82 Å². The van der Waals surface area contributed by atoms with Gasteiger partial charge in [0.15, 0.2) is 8.80 Å². The fraction of sp³-hybridized carbons (Fsp3) is 0. The van der Waals surface area contributed by atoms with Gasteiger partial charge >= 0.3 is 0 Å². The van der Waals surface area contributed by atoms with E-state index in [9.17, 15) is 4.39 Å². The molecule has 3 aromatic carbocycles. The molecule has 0 atom stereocenters. The maximum atomic E-state index is 14.2. The van der Waals surface area contributed by atoms with Crippen molar-refractivity contribution in [3.05, 3.63) is 90.7 Å². The largest absolute Gasteiger partial charge is 0.207 e. The fourth-order valence-electron chi connectivity index (χ4n) is 2.35. The van der Waals surface area contributed by atoms with Crippen LogP contribution in [0.5, 0.6) is 0 Å². The second-order valence-electron chi connectivity index (χ2n) is 4.59. The van der Waals surface area contributed by atoms with Crippen LogP contribution in [0.25, 0.3) is 0 Å². The quantitative estimate of drug-likeness (QED) is 0.509. The van der Waals surface area contributed by atoms with Crippen molar-refractivity contribution in [2.24, 2.45) is 0 Å². The summed E-state index contributed by atoms with van der Waals surface area (Å²) in [5, 5.41) is 3.22. The highest BCUT2D eigenvalue weighted by Gasteiger charge is 2.21. The summed E-state index contributed by atoms with van der Waals surface area (Å²) in [6, 6.07) is 27.5. The molecule has 0 nitrogen and oxygen atoms in total. The van der Waals surface area contributed by atoms with Gasteiger partial charge in [-0.25, -0.2) is 4.39 Å². The second-order valence-corrected chi connectivity index (χ2v) is 7.03. The van der Waals surface area contributed by atoms with Crippen LogP contribution in [0.15, 0.2) is 84.9 Å². The van der Waals surface area contributed by atoms with Crippen LogP contribution >= 0.6 is 0 Å². The van der Waals surface area contributed by atoms with Crippen LogP contribution in [-0.2, 0) is 0 Å². The highest BCUT2D eigenvalue weighted by Crippen LogP contribution is 1.99. The predicted molar refractivity (Wildman–Crippen MR) is 83.9 cm³/mol. The summed E-state index contributed by atoms with van der Waals surface area (Å²) in [6.07, 6.45) is 0. The molecular formula is C18H14FSi. The van der Waals surface area contributed by atoms with Gasteiger partial charge in [-0.05, 0) is 11.3 Å². The summed E-state index contributed by atoms with van der Waals surface area (Å²) in [5.41, 5.74) is 0. The van der Waals surface area contributed by atoms with Crippen LogP contribution in [0.1, 0.15) is 0 Å². The number of halogens is 1. The van der Waals surface area contributed by atoms with Gasteiger partial charge in [0.1, 0.15) is 5.82 Å². The van der Waals surface area contributed by atoms with Crippen molar-refractivity contribution in [3.63, 3.8) is 0 Å². The van der Waals surface area contributed by atoms with E-state index in [1.807, 2.05) is 48.5 Å². The van der Waals surface area contributed by atoms with E-state index in [1.165, 1.54) is 10.4 Å². The maximum Gasteiger partial charge on any atom is 0.158 e. The lowest BCUT2D eigenvalue weighted by Gasteiger charge is -2.17. The molecule has 0 saturated heterocycles. The van der Waals surface area contributed by atoms with Crippen LogP contribution in [-0.4, -0.2) is 8.80 Å². The van der Waals surface area contributed by atoms with E-state index in [1.54, 1.807) is 12.1 Å². The average Bonchev–Trinajstić information content (AvgIpc) is 2.52. The van der Waals surface area contributed by atoms with Gasteiger partial charge in [0.05, 0.1) is 0 Å². The molecule has 0 aromatic heterocycles. The zero-order chi connectivity index (χ0) is 13.8. The molecule has 0 aliphatic rings. The van der Waals surface area contributed by atoms with Crippen molar-refractivity contribution >= 4 is 24.4 Å². The van der Waals surface area contributed by atoms with Crippen molar-refractivity contribution in [2.75, 3.05) is 0 Å². The first kappa shape index (κ1) is 12.8. The van der Waals surface area contributed by atoms with Crippen molar-refractivity contribution in [1.29, 1.82) is 0 Å². The van der Waals surface area contributed by atoms with Crippen LogP contribution in [0.4, 0.5) is 4.39 Å². The molecule has 3 rings (SSSR count). The van der Waals surface area contributed by atoms with E-state index >= 15 is 0 Å². The van der Waals surface area contributed by atoms with E-state index in [0.29, 0.717) is 0 Å². The third-order valence-corrected chi connectivity index (χ3v) is 6.03. The lowest BCUT2D eigenvalue weighted by Crippen LogP contribution is -2.53. The molecule has 1 radical (unpaired) electrons. The fourth-order valence-corrected chi connectivity index (χ4v) is 4.94. The molecule has 97 valence electrons. The van der Waals surface area contributed by atoms with E-state index in [0.717, 1.165) is 5.19 Å². The highest BCUT2D eigenvalue weighted by molar-refractivity contribution is 6.95. The molecule has 0 heterocycles. The van der Waals surface area contributed by atoms with Gasteiger partial charge in [-0.15, -0.1) is 0 Å². The Labute approximate surface area is 120 Å². The van der Waals surface area contributed by atoms with Crippen molar-refractivity contribution < 1.29 is 4.39 Å². The molecule has 3 aromatic rings. The predicted octanol–water partition coefficient (Wildman–Crippen LogP) is 2.34. The number of hydrogen-bond acceptors (Lipinski definition) is 0. The van der Waals surface area contributed by atoms with Gasteiger partial charge in [-0.2, -0.15) is 0 Å². The molecule has 20 heavy (non-hydrogen) atoms. The summed E-state index contributed by atoms with van der Waals surface area (Å²) >= 11 is 0. The van der Waals surface area contributed by atoms with Gasteiger partial charge in [0.2, 0.25) is 0 Å². The third kappa shape index (κ3) is 2.56. The van der Waals surface area contributed by atoms with Crippen molar-refractivity contribution in [1.82, 2.24) is 0 Å². The molecule has 2 heteroatoms. The van der Waals surface area contributed by atoms with Crippen molar-refractivity contribution in [2.45, 2.75) is 0 Å². The minimum Gasteiger partial charge on any atom is -0.207 e. The van der Waals surface area contributed by atoms with E-state index in [-0.39, 0.29) is 5.82 Å². The number of benzene rings is 3. The van der Waals surface area contributed by atoms with E-state index < -0.39 is 8.80 Å². The first-order valence-electron chi connectivity index (χ1n) is 6.59. The smallest absolute Gasteiger partial charge is 0.158 e. The summed E-state index contributed by atoms with van der Waals surface area (Å²) in [4.78, 5) is 0. The standard InChI is InChI=1S/C18H14FSi/c19-17-13-7-8-14-18(17)20(15-9-3-1-4-10-15)16-11-5-2-6-12-16/h1-14H. The lowest BCUT2D eigenvalue weighted by atomic mass is 10.3. The Bertz CT molecular complexity index is 641. The minimum atomic E-state index is -1.28. The maximum absolute atomic E-state index is 14.2. The summed E-state index contributed by atoms with van der Waals surface area (Å²) < 4.78 is 14.2. The Hall–Kier alpha value is -2.19. The molecular weight excluding hydrogens is 263 g/mol. The molecule has 0 bridgehead atoms. The molecule has 0 fully saturated rings. The Morgan fingerprint density at radius 3 is 1.50 bits per heavy atom. The molecule has 0 unspecified atom stereocenters. The Morgan fingerprint density at radius 2 is 1.00 bits per heavy atom. The zero-order valence-electron chi connectivity index (χ0n) is 11.0. The average molecular weight is 277 g/mol. The first-order chi connectivity index (χ1) is 9.86. The summed E-state index contributed by atoms with van der Waals surface area (Å²) in [7, 11) is -1.28. The zero-order valence-corrected chi connectivity index (χ0v) is 12.0. The van der Waals surface area contributed by atoms with Crippen LogP contribution in [0.3, 0.4) is 0 Å². The van der Waals surface area contributed by atoms with Gasteiger partial charge in [0.25, 0.3) is 0 Å². The molecule has 0 amide bonds. The van der Waals surface area contributed by atoms with Gasteiger partial charge in [-0.1, -0.05) is 89.2 Å². The Balaban J connectivity index is 2.17. The minimum absolute atomic E-state index is 0.117. The molecule has 0 aliphatic carbocycles. The first-order valence-corrected chi connectivity index (χ1v) is 8.09. The van der Waals surface area contributed by atoms with E-state index in [2.05, 4.69) is 24.3 Å². The molecule has 0 N–H and O–H groups in total. The van der Waals surface area contributed by atoms with Crippen molar-refractivity contribution in [3.8, 4) is 0 Å². The van der Waals surface area contributed by atoms with Crippen LogP contribution < -0.4 is 15.6 Å². The summed E-state index contributed by atoms with van der Waals surface area (Å²) in [6.45, 7) is 0. The topological polar surface area (TPSA) is 0 Å². The highest BCUT2D eigenvalue weighted by atomic mass is 28.3. The van der Waals surface area contributed by atoms with Gasteiger partial charge < -0.3 is 0 Å². The lowest BCUT2D eigenvalue weighted by molar-refractivity contribution is 0.635. The Morgan fingerprint density at radius 1 is 0.550 bits per heavy atom. The van der Waals surface area contributed by atoms with Crippen LogP contribution in [0.2, 0.25) is 0 Å². The normalized spacial score (nSPS) is 10.7. The third-order valence-electron chi connectivity index (χ3n) is 3.27. The molecule has 0 spiro atoms. The molecule has 0 saturated carbocycles. The van der Waals surface area contributed by atoms with Gasteiger partial charge in [0, 0.05) is 0 Å². The molecule has 0 aliphatic heterocycles. The number of rotatable bonds is 3. The monoisotopic (exact) mass is 277 g/mol. The van der Waals surface area contributed by atoms with Gasteiger partial charge in [-0.3, -0.25) is 0 Å². The van der Waals surface area contributed by atoms with E-state index in [4.69, 9.17) is 0 Å².